The molecule has 4 aromatic rings. The van der Waals surface area contributed by atoms with E-state index in [0.717, 1.165) is 16.7 Å². The highest BCUT2D eigenvalue weighted by Gasteiger charge is 2.09. The molecule has 1 heterocycles. The van der Waals surface area contributed by atoms with Crippen LogP contribution in [0, 0.1) is 6.92 Å². The Balaban J connectivity index is 1.45. The number of fused-ring (bicyclic) bond motifs is 1. The van der Waals surface area contributed by atoms with Gasteiger partial charge in [-0.05, 0) is 55.3 Å². The van der Waals surface area contributed by atoms with Gasteiger partial charge in [0.1, 0.15) is 17.1 Å². The summed E-state index contributed by atoms with van der Waals surface area (Å²) in [6.45, 7) is 2.42. The molecular formula is C25H21NO4. The van der Waals surface area contributed by atoms with Crippen LogP contribution < -0.4 is 10.7 Å². The summed E-state index contributed by atoms with van der Waals surface area (Å²) < 4.78 is 5.89. The molecule has 0 spiro atoms. The van der Waals surface area contributed by atoms with Crippen molar-refractivity contribution in [2.45, 2.75) is 13.3 Å². The molecule has 0 fully saturated rings. The van der Waals surface area contributed by atoms with E-state index in [4.69, 9.17) is 4.42 Å². The number of aryl methyl sites for hydroxylation is 1. The van der Waals surface area contributed by atoms with Gasteiger partial charge < -0.3 is 14.8 Å². The minimum atomic E-state index is -0.171. The van der Waals surface area contributed by atoms with Crippen LogP contribution in [-0.4, -0.2) is 17.6 Å². The molecule has 1 aromatic heterocycles. The van der Waals surface area contributed by atoms with Crippen LogP contribution in [-0.2, 0) is 6.42 Å². The SMILES string of the molecule is Cc1ccc2oc(-c3ccc(C(=O)NCCc4ccc(O)cc4)cc3)cc(=O)c2c1. The molecule has 4 rings (SSSR count). The van der Waals surface area contributed by atoms with Gasteiger partial charge in [-0.15, -0.1) is 0 Å². The molecule has 3 aromatic carbocycles. The second-order valence-electron chi connectivity index (χ2n) is 7.22. The molecule has 0 aliphatic heterocycles. The first-order valence-electron chi connectivity index (χ1n) is 9.71. The fraction of sp³-hybridized carbons (Fsp3) is 0.120. The van der Waals surface area contributed by atoms with E-state index in [2.05, 4.69) is 5.32 Å². The number of carbonyl (C=O) groups excluding carboxylic acids is 1. The maximum atomic E-state index is 12.4. The van der Waals surface area contributed by atoms with Crippen molar-refractivity contribution < 1.29 is 14.3 Å². The average Bonchev–Trinajstić information content (AvgIpc) is 2.75. The average molecular weight is 399 g/mol. The molecule has 0 aliphatic rings. The van der Waals surface area contributed by atoms with Gasteiger partial charge in [-0.3, -0.25) is 9.59 Å². The van der Waals surface area contributed by atoms with E-state index in [1.807, 2.05) is 31.2 Å². The van der Waals surface area contributed by atoms with E-state index in [1.165, 1.54) is 6.07 Å². The molecule has 0 aliphatic carbocycles. The van der Waals surface area contributed by atoms with Crippen LogP contribution >= 0.6 is 0 Å². The van der Waals surface area contributed by atoms with Gasteiger partial charge in [0.15, 0.2) is 5.43 Å². The number of amides is 1. The van der Waals surface area contributed by atoms with Crippen molar-refractivity contribution in [2.75, 3.05) is 6.54 Å². The molecule has 0 unspecified atom stereocenters. The van der Waals surface area contributed by atoms with Gasteiger partial charge in [0, 0.05) is 23.7 Å². The van der Waals surface area contributed by atoms with Crippen LogP contribution in [0.1, 0.15) is 21.5 Å². The zero-order chi connectivity index (χ0) is 21.1. The Labute approximate surface area is 173 Å². The second-order valence-corrected chi connectivity index (χ2v) is 7.22. The summed E-state index contributed by atoms with van der Waals surface area (Å²) in [7, 11) is 0. The predicted molar refractivity (Wildman–Crippen MR) is 117 cm³/mol. The van der Waals surface area contributed by atoms with Gasteiger partial charge in [-0.25, -0.2) is 0 Å². The van der Waals surface area contributed by atoms with Crippen molar-refractivity contribution in [2.24, 2.45) is 0 Å². The molecule has 30 heavy (non-hydrogen) atoms. The number of phenols is 1. The highest BCUT2D eigenvalue weighted by Crippen LogP contribution is 2.23. The maximum Gasteiger partial charge on any atom is 0.251 e. The highest BCUT2D eigenvalue weighted by atomic mass is 16.3. The van der Waals surface area contributed by atoms with Crippen LogP contribution in [0.4, 0.5) is 0 Å². The molecule has 1 amide bonds. The highest BCUT2D eigenvalue weighted by molar-refractivity contribution is 5.94. The second kappa shape index (κ2) is 8.25. The molecule has 5 heteroatoms. The maximum absolute atomic E-state index is 12.4. The van der Waals surface area contributed by atoms with Gasteiger partial charge in [0.2, 0.25) is 0 Å². The number of benzene rings is 3. The third kappa shape index (κ3) is 4.25. The summed E-state index contributed by atoms with van der Waals surface area (Å²) in [5, 5.41) is 12.8. The topological polar surface area (TPSA) is 79.5 Å². The Kier molecular flexibility index (Phi) is 5.35. The molecule has 2 N–H and O–H groups in total. The summed E-state index contributed by atoms with van der Waals surface area (Å²) in [4.78, 5) is 24.8. The lowest BCUT2D eigenvalue weighted by molar-refractivity contribution is 0.0954. The van der Waals surface area contributed by atoms with Crippen LogP contribution in [0.3, 0.4) is 0 Å². The zero-order valence-electron chi connectivity index (χ0n) is 16.5. The Morgan fingerprint density at radius 2 is 1.70 bits per heavy atom. The molecule has 150 valence electrons. The van der Waals surface area contributed by atoms with E-state index in [-0.39, 0.29) is 17.1 Å². The molecule has 0 radical (unpaired) electrons. The molecule has 0 atom stereocenters. The Bertz CT molecular complexity index is 1260. The lowest BCUT2D eigenvalue weighted by atomic mass is 10.1. The standard InChI is InChI=1S/C25H21NO4/c1-16-2-11-23-21(14-16)22(28)15-24(30-23)18-5-7-19(8-6-18)25(29)26-13-12-17-3-9-20(27)10-4-17/h2-11,14-15,27H,12-13H2,1H3,(H,26,29). The normalized spacial score (nSPS) is 10.8. The fourth-order valence-electron chi connectivity index (χ4n) is 3.28. The number of hydrogen-bond donors (Lipinski definition) is 2. The third-order valence-corrected chi connectivity index (χ3v) is 4.95. The van der Waals surface area contributed by atoms with Crippen molar-refractivity contribution in [3.8, 4) is 17.1 Å². The van der Waals surface area contributed by atoms with Gasteiger partial charge in [0.05, 0.1) is 5.39 Å². The quantitative estimate of drug-likeness (QED) is 0.520. The smallest absolute Gasteiger partial charge is 0.251 e. The number of phenolic OH excluding ortho intramolecular Hbond substituents is 1. The number of aromatic hydroxyl groups is 1. The number of hydrogen-bond acceptors (Lipinski definition) is 4. The minimum absolute atomic E-state index is 0.0917. The number of rotatable bonds is 5. The van der Waals surface area contributed by atoms with Crippen LogP contribution in [0.2, 0.25) is 0 Å². The summed E-state index contributed by atoms with van der Waals surface area (Å²) in [5.74, 6) is 0.520. The van der Waals surface area contributed by atoms with E-state index >= 15 is 0 Å². The van der Waals surface area contributed by atoms with Gasteiger partial charge in [-0.1, -0.05) is 35.9 Å². The van der Waals surface area contributed by atoms with Crippen LogP contribution in [0.25, 0.3) is 22.3 Å². The summed E-state index contributed by atoms with van der Waals surface area (Å²) in [5.41, 5.74) is 3.75. The third-order valence-electron chi connectivity index (χ3n) is 4.95. The summed E-state index contributed by atoms with van der Waals surface area (Å²) in [6, 6.07) is 20.9. The lowest BCUT2D eigenvalue weighted by Gasteiger charge is -2.07. The van der Waals surface area contributed by atoms with Crippen molar-refractivity contribution in [1.82, 2.24) is 5.32 Å². The lowest BCUT2D eigenvalue weighted by Crippen LogP contribution is -2.25. The first kappa shape index (κ1) is 19.5. The van der Waals surface area contributed by atoms with Crippen LogP contribution in [0.15, 0.2) is 82.0 Å². The van der Waals surface area contributed by atoms with E-state index in [9.17, 15) is 14.7 Å². The summed E-state index contributed by atoms with van der Waals surface area (Å²) >= 11 is 0. The largest absolute Gasteiger partial charge is 0.508 e. The predicted octanol–water partition coefficient (Wildman–Crippen LogP) is 4.45. The monoisotopic (exact) mass is 399 g/mol. The van der Waals surface area contributed by atoms with E-state index < -0.39 is 0 Å². The minimum Gasteiger partial charge on any atom is -0.508 e. The fourth-order valence-corrected chi connectivity index (χ4v) is 3.28. The molecule has 5 nitrogen and oxygen atoms in total. The van der Waals surface area contributed by atoms with E-state index in [0.29, 0.717) is 35.3 Å². The zero-order valence-corrected chi connectivity index (χ0v) is 16.5. The summed E-state index contributed by atoms with van der Waals surface area (Å²) in [6.07, 6.45) is 0.672. The molecule has 0 saturated carbocycles. The van der Waals surface area contributed by atoms with Crippen molar-refractivity contribution >= 4 is 16.9 Å². The van der Waals surface area contributed by atoms with Gasteiger partial charge in [0.25, 0.3) is 5.91 Å². The van der Waals surface area contributed by atoms with E-state index in [1.54, 1.807) is 42.5 Å². The van der Waals surface area contributed by atoms with Crippen molar-refractivity contribution in [3.05, 3.63) is 99.7 Å². The first-order chi connectivity index (χ1) is 14.5. The molecular weight excluding hydrogens is 378 g/mol. The molecule has 0 saturated heterocycles. The van der Waals surface area contributed by atoms with Gasteiger partial charge >= 0.3 is 0 Å². The van der Waals surface area contributed by atoms with Crippen LogP contribution in [0.5, 0.6) is 5.75 Å². The Hall–Kier alpha value is -3.86. The Morgan fingerprint density at radius 1 is 0.967 bits per heavy atom. The Morgan fingerprint density at radius 3 is 2.43 bits per heavy atom. The number of nitrogens with one attached hydrogen (secondary N) is 1. The first-order valence-corrected chi connectivity index (χ1v) is 9.71. The van der Waals surface area contributed by atoms with Crippen molar-refractivity contribution in [1.29, 1.82) is 0 Å². The number of carbonyl (C=O) groups is 1. The molecule has 0 bridgehead atoms. The van der Waals surface area contributed by atoms with Gasteiger partial charge in [-0.2, -0.15) is 0 Å². The van der Waals surface area contributed by atoms with Crippen molar-refractivity contribution in [3.63, 3.8) is 0 Å².